The van der Waals surface area contributed by atoms with Gasteiger partial charge in [-0.05, 0) is 35.4 Å². The average molecular weight is 333 g/mol. The fourth-order valence-corrected chi connectivity index (χ4v) is 3.60. The second kappa shape index (κ2) is 7.21. The number of ether oxygens (including phenoxy) is 1. The molecule has 4 nitrogen and oxygen atoms in total. The summed E-state index contributed by atoms with van der Waals surface area (Å²) < 4.78 is 5.45. The highest BCUT2D eigenvalue weighted by atomic mass is 16.5. The number of piperazine rings is 1. The summed E-state index contributed by atoms with van der Waals surface area (Å²) in [6.45, 7) is 4.08. The van der Waals surface area contributed by atoms with Gasteiger partial charge in [-0.25, -0.2) is 0 Å². The summed E-state index contributed by atoms with van der Waals surface area (Å²) in [5.74, 6) is 0.895. The summed E-state index contributed by atoms with van der Waals surface area (Å²) in [6.07, 6.45) is 2.02. The number of aromatic nitrogens is 1. The summed E-state index contributed by atoms with van der Waals surface area (Å²) in [5.41, 5.74) is 3.52. The van der Waals surface area contributed by atoms with E-state index in [2.05, 4.69) is 52.7 Å². The minimum atomic E-state index is 0.189. The Labute approximate surface area is 148 Å². The lowest BCUT2D eigenvalue weighted by Gasteiger charge is -2.35. The molecule has 25 heavy (non-hydrogen) atoms. The van der Waals surface area contributed by atoms with E-state index in [0.717, 1.165) is 37.4 Å². The van der Waals surface area contributed by atoms with E-state index in [1.54, 1.807) is 7.11 Å². The van der Waals surface area contributed by atoms with Crippen LogP contribution in [0.1, 0.15) is 17.2 Å². The zero-order chi connectivity index (χ0) is 17.1. The molecule has 0 spiro atoms. The highest BCUT2D eigenvalue weighted by molar-refractivity contribution is 5.79. The van der Waals surface area contributed by atoms with Crippen molar-refractivity contribution in [1.82, 2.24) is 15.2 Å². The molecule has 2 heterocycles. The highest BCUT2D eigenvalue weighted by Crippen LogP contribution is 2.32. The lowest BCUT2D eigenvalue weighted by atomic mass is 9.96. The number of rotatable bonds is 4. The molecule has 1 N–H and O–H groups in total. The van der Waals surface area contributed by atoms with Crippen LogP contribution in [0.2, 0.25) is 0 Å². The van der Waals surface area contributed by atoms with E-state index in [-0.39, 0.29) is 6.04 Å². The summed E-state index contributed by atoms with van der Waals surface area (Å²) in [6, 6.07) is 19.1. The van der Waals surface area contributed by atoms with E-state index in [0.29, 0.717) is 0 Å². The van der Waals surface area contributed by atoms with E-state index < -0.39 is 0 Å². The normalized spacial score (nSPS) is 16.7. The number of nitrogens with one attached hydrogen (secondary N) is 1. The molecule has 1 aromatic heterocycles. The van der Waals surface area contributed by atoms with E-state index in [1.165, 1.54) is 16.5 Å². The molecule has 1 atom stereocenters. The van der Waals surface area contributed by atoms with Crippen molar-refractivity contribution in [3.05, 3.63) is 71.9 Å². The molecule has 2 aromatic carbocycles. The van der Waals surface area contributed by atoms with E-state index in [1.807, 2.05) is 18.3 Å². The molecule has 1 fully saturated rings. The van der Waals surface area contributed by atoms with Crippen molar-refractivity contribution in [3.8, 4) is 5.75 Å². The zero-order valence-corrected chi connectivity index (χ0v) is 14.5. The lowest BCUT2D eigenvalue weighted by molar-refractivity contribution is 0.198. The van der Waals surface area contributed by atoms with Gasteiger partial charge in [0.2, 0.25) is 0 Å². The SMILES string of the molecule is COc1cccc(C(c2cnc3ccccc3c2)N2CCNCC2)c1. The maximum Gasteiger partial charge on any atom is 0.119 e. The average Bonchev–Trinajstić information content (AvgIpc) is 2.69. The molecule has 4 heteroatoms. The Kier molecular flexibility index (Phi) is 4.63. The lowest BCUT2D eigenvalue weighted by Crippen LogP contribution is -2.45. The Hall–Kier alpha value is -2.43. The second-order valence-electron chi connectivity index (χ2n) is 6.43. The van der Waals surface area contributed by atoms with Crippen molar-refractivity contribution in [2.45, 2.75) is 6.04 Å². The minimum absolute atomic E-state index is 0.189. The quantitative estimate of drug-likeness (QED) is 0.795. The maximum atomic E-state index is 5.45. The van der Waals surface area contributed by atoms with Crippen LogP contribution >= 0.6 is 0 Å². The van der Waals surface area contributed by atoms with Crippen molar-refractivity contribution in [3.63, 3.8) is 0 Å². The number of hydrogen-bond acceptors (Lipinski definition) is 4. The first-order chi connectivity index (χ1) is 12.3. The van der Waals surface area contributed by atoms with Crippen molar-refractivity contribution >= 4 is 10.9 Å². The first-order valence-corrected chi connectivity index (χ1v) is 8.78. The highest BCUT2D eigenvalue weighted by Gasteiger charge is 2.24. The number of benzene rings is 2. The third-order valence-corrected chi connectivity index (χ3v) is 4.85. The van der Waals surface area contributed by atoms with Crippen molar-refractivity contribution < 1.29 is 4.74 Å². The number of hydrogen-bond donors (Lipinski definition) is 1. The van der Waals surface area contributed by atoms with Gasteiger partial charge < -0.3 is 10.1 Å². The molecule has 0 aliphatic carbocycles. The van der Waals surface area contributed by atoms with Gasteiger partial charge in [-0.15, -0.1) is 0 Å². The largest absolute Gasteiger partial charge is 0.497 e. The van der Waals surface area contributed by atoms with Gasteiger partial charge in [0.1, 0.15) is 5.75 Å². The zero-order valence-electron chi connectivity index (χ0n) is 14.5. The van der Waals surface area contributed by atoms with Crippen LogP contribution in [0.3, 0.4) is 0 Å². The molecule has 1 aliphatic rings. The molecule has 0 radical (unpaired) electrons. The smallest absolute Gasteiger partial charge is 0.119 e. The van der Waals surface area contributed by atoms with Gasteiger partial charge in [0.25, 0.3) is 0 Å². The fourth-order valence-electron chi connectivity index (χ4n) is 3.60. The van der Waals surface area contributed by atoms with Crippen molar-refractivity contribution in [1.29, 1.82) is 0 Å². The predicted octanol–water partition coefficient (Wildman–Crippen LogP) is 3.24. The van der Waals surface area contributed by atoms with Crippen LogP contribution in [0, 0.1) is 0 Å². The topological polar surface area (TPSA) is 37.4 Å². The van der Waals surface area contributed by atoms with Crippen LogP contribution in [0.15, 0.2) is 60.8 Å². The maximum absolute atomic E-state index is 5.45. The van der Waals surface area contributed by atoms with E-state index >= 15 is 0 Å². The number of pyridine rings is 1. The molecular weight excluding hydrogens is 310 g/mol. The van der Waals surface area contributed by atoms with Gasteiger partial charge in [0, 0.05) is 37.8 Å². The Morgan fingerprint density at radius 2 is 1.84 bits per heavy atom. The van der Waals surface area contributed by atoms with Gasteiger partial charge in [-0.1, -0.05) is 30.3 Å². The number of nitrogens with zero attached hydrogens (tertiary/aromatic N) is 2. The molecule has 0 amide bonds. The van der Waals surface area contributed by atoms with Gasteiger partial charge in [-0.2, -0.15) is 0 Å². The molecule has 0 bridgehead atoms. The molecule has 1 unspecified atom stereocenters. The molecule has 1 aliphatic heterocycles. The molecule has 1 saturated heterocycles. The van der Waals surface area contributed by atoms with Crippen LogP contribution in [-0.2, 0) is 0 Å². The van der Waals surface area contributed by atoms with E-state index in [4.69, 9.17) is 9.72 Å². The number of fused-ring (bicyclic) bond motifs is 1. The third kappa shape index (κ3) is 3.36. The third-order valence-electron chi connectivity index (χ3n) is 4.85. The van der Waals surface area contributed by atoms with Crippen LogP contribution in [0.4, 0.5) is 0 Å². The Morgan fingerprint density at radius 1 is 1.00 bits per heavy atom. The first kappa shape index (κ1) is 16.1. The van der Waals surface area contributed by atoms with Gasteiger partial charge in [-0.3, -0.25) is 9.88 Å². The first-order valence-electron chi connectivity index (χ1n) is 8.78. The minimum Gasteiger partial charge on any atom is -0.497 e. The molecule has 0 saturated carbocycles. The number of para-hydroxylation sites is 1. The Balaban J connectivity index is 1.80. The monoisotopic (exact) mass is 333 g/mol. The summed E-state index contributed by atoms with van der Waals surface area (Å²) in [7, 11) is 1.72. The van der Waals surface area contributed by atoms with Gasteiger partial charge in [0.15, 0.2) is 0 Å². The van der Waals surface area contributed by atoms with Crippen LogP contribution in [0.25, 0.3) is 10.9 Å². The Bertz CT molecular complexity index is 858. The van der Waals surface area contributed by atoms with Gasteiger partial charge in [0.05, 0.1) is 18.7 Å². The fraction of sp³-hybridized carbons (Fsp3) is 0.286. The summed E-state index contributed by atoms with van der Waals surface area (Å²) in [5, 5.41) is 4.63. The second-order valence-corrected chi connectivity index (χ2v) is 6.43. The summed E-state index contributed by atoms with van der Waals surface area (Å²) in [4.78, 5) is 7.22. The van der Waals surface area contributed by atoms with Gasteiger partial charge >= 0.3 is 0 Å². The standard InChI is InChI=1S/C21H23N3O/c1-25-19-7-4-6-17(14-19)21(24-11-9-22-10-12-24)18-13-16-5-2-3-8-20(16)23-15-18/h2-8,13-15,21-22H,9-12H2,1H3. The predicted molar refractivity (Wildman–Crippen MR) is 101 cm³/mol. The number of methoxy groups -OCH3 is 1. The summed E-state index contributed by atoms with van der Waals surface area (Å²) >= 11 is 0. The van der Waals surface area contributed by atoms with Crippen LogP contribution < -0.4 is 10.1 Å². The molecule has 3 aromatic rings. The molecule has 4 rings (SSSR count). The van der Waals surface area contributed by atoms with Crippen molar-refractivity contribution in [2.75, 3.05) is 33.3 Å². The molecule has 128 valence electrons. The molecular formula is C21H23N3O. The van der Waals surface area contributed by atoms with Crippen molar-refractivity contribution in [2.24, 2.45) is 0 Å². The van der Waals surface area contributed by atoms with Crippen LogP contribution in [-0.4, -0.2) is 43.2 Å². The van der Waals surface area contributed by atoms with E-state index in [9.17, 15) is 0 Å². The Morgan fingerprint density at radius 3 is 2.68 bits per heavy atom. The van der Waals surface area contributed by atoms with Crippen LogP contribution in [0.5, 0.6) is 5.75 Å².